The number of nitrogens with one attached hydrogen (secondary N) is 1. The monoisotopic (exact) mass is 314 g/mol. The van der Waals surface area contributed by atoms with E-state index in [0.717, 1.165) is 25.1 Å². The maximum atomic E-state index is 12.5. The van der Waals surface area contributed by atoms with Gasteiger partial charge in [-0.2, -0.15) is 26.3 Å². The van der Waals surface area contributed by atoms with Crippen LogP contribution in [0.15, 0.2) is 18.5 Å². The molecule has 2 rings (SSSR count). The third-order valence-corrected chi connectivity index (χ3v) is 2.86. The van der Waals surface area contributed by atoms with Crippen LogP contribution in [0, 0.1) is 0 Å². The maximum absolute atomic E-state index is 12.5. The molecule has 9 heteroatoms. The lowest BCUT2D eigenvalue weighted by Gasteiger charge is -2.24. The molecule has 1 fully saturated rings. The molecular formula is C12H12F6N2O. The first-order valence-corrected chi connectivity index (χ1v) is 6.14. The molecule has 21 heavy (non-hydrogen) atoms. The van der Waals surface area contributed by atoms with Crippen molar-refractivity contribution in [1.29, 1.82) is 0 Å². The SMILES string of the molecule is FC(F)(F)C(Oc1ccncc1CNC1CC1)C(F)(F)F. The lowest BCUT2D eigenvalue weighted by Crippen LogP contribution is -2.46. The van der Waals surface area contributed by atoms with Crippen molar-refractivity contribution in [2.45, 2.75) is 43.9 Å². The minimum absolute atomic E-state index is 0.107. The molecule has 0 unspecified atom stereocenters. The molecule has 0 amide bonds. The zero-order valence-electron chi connectivity index (χ0n) is 10.6. The summed E-state index contributed by atoms with van der Waals surface area (Å²) in [6.45, 7) is 0.107. The molecule has 1 heterocycles. The largest absolute Gasteiger partial charge is 0.471 e. The fourth-order valence-corrected chi connectivity index (χ4v) is 1.65. The Labute approximate surface area is 116 Å². The van der Waals surface area contributed by atoms with Gasteiger partial charge in [0.05, 0.1) is 0 Å². The molecule has 1 aliphatic rings. The van der Waals surface area contributed by atoms with Crippen molar-refractivity contribution in [2.24, 2.45) is 0 Å². The van der Waals surface area contributed by atoms with Crippen LogP contribution in [-0.2, 0) is 6.54 Å². The summed E-state index contributed by atoms with van der Waals surface area (Å²) in [6.07, 6.45) is -10.8. The summed E-state index contributed by atoms with van der Waals surface area (Å²) in [7, 11) is 0. The van der Waals surface area contributed by atoms with Crippen LogP contribution >= 0.6 is 0 Å². The van der Waals surface area contributed by atoms with E-state index in [-0.39, 0.29) is 18.2 Å². The van der Waals surface area contributed by atoms with E-state index in [1.165, 1.54) is 6.20 Å². The number of ether oxygens (including phenoxy) is 1. The van der Waals surface area contributed by atoms with Gasteiger partial charge in [0.2, 0.25) is 0 Å². The van der Waals surface area contributed by atoms with Gasteiger partial charge < -0.3 is 10.1 Å². The number of rotatable bonds is 5. The second-order valence-corrected chi connectivity index (χ2v) is 4.72. The van der Waals surface area contributed by atoms with E-state index >= 15 is 0 Å². The minimum Gasteiger partial charge on any atom is -0.471 e. The quantitative estimate of drug-likeness (QED) is 0.848. The fraction of sp³-hybridized carbons (Fsp3) is 0.583. The Morgan fingerprint density at radius 3 is 2.33 bits per heavy atom. The Bertz CT molecular complexity index is 469. The highest BCUT2D eigenvalue weighted by atomic mass is 19.4. The topological polar surface area (TPSA) is 34.1 Å². The van der Waals surface area contributed by atoms with Crippen LogP contribution < -0.4 is 10.1 Å². The van der Waals surface area contributed by atoms with E-state index in [9.17, 15) is 26.3 Å². The average Bonchev–Trinajstić information content (AvgIpc) is 3.15. The van der Waals surface area contributed by atoms with Gasteiger partial charge >= 0.3 is 12.4 Å². The van der Waals surface area contributed by atoms with Crippen molar-refractivity contribution >= 4 is 0 Å². The third-order valence-electron chi connectivity index (χ3n) is 2.86. The second kappa shape index (κ2) is 5.70. The van der Waals surface area contributed by atoms with Gasteiger partial charge in [-0.25, -0.2) is 0 Å². The number of hydrogen-bond donors (Lipinski definition) is 1. The van der Waals surface area contributed by atoms with Gasteiger partial charge in [-0.3, -0.25) is 4.98 Å². The van der Waals surface area contributed by atoms with Crippen LogP contribution in [0.25, 0.3) is 0 Å². The Hall–Kier alpha value is -1.51. The molecule has 1 N–H and O–H groups in total. The Morgan fingerprint density at radius 2 is 1.81 bits per heavy atom. The van der Waals surface area contributed by atoms with Crippen molar-refractivity contribution in [1.82, 2.24) is 10.3 Å². The van der Waals surface area contributed by atoms with Crippen molar-refractivity contribution < 1.29 is 31.1 Å². The van der Waals surface area contributed by atoms with Crippen molar-refractivity contribution in [2.75, 3.05) is 0 Å². The predicted molar refractivity (Wildman–Crippen MR) is 60.6 cm³/mol. The molecule has 118 valence electrons. The lowest BCUT2D eigenvalue weighted by atomic mass is 10.2. The maximum Gasteiger partial charge on any atom is 0.434 e. The number of nitrogens with zero attached hydrogens (tertiary/aromatic N) is 1. The molecule has 0 saturated heterocycles. The number of halogens is 6. The summed E-state index contributed by atoms with van der Waals surface area (Å²) < 4.78 is 79.1. The van der Waals surface area contributed by atoms with Gasteiger partial charge in [0.15, 0.2) is 0 Å². The molecule has 0 atom stereocenters. The Balaban J connectivity index is 2.15. The Kier molecular flexibility index (Phi) is 4.31. The fourth-order valence-electron chi connectivity index (χ4n) is 1.65. The van der Waals surface area contributed by atoms with Gasteiger partial charge in [0.1, 0.15) is 5.75 Å². The smallest absolute Gasteiger partial charge is 0.434 e. The van der Waals surface area contributed by atoms with Gasteiger partial charge in [-0.05, 0) is 18.9 Å². The summed E-state index contributed by atoms with van der Waals surface area (Å²) in [5.74, 6) is -0.474. The van der Waals surface area contributed by atoms with Crippen molar-refractivity contribution in [3.05, 3.63) is 24.0 Å². The van der Waals surface area contributed by atoms with E-state index in [4.69, 9.17) is 0 Å². The highest BCUT2D eigenvalue weighted by molar-refractivity contribution is 5.30. The van der Waals surface area contributed by atoms with Crippen LogP contribution in [0.3, 0.4) is 0 Å². The van der Waals surface area contributed by atoms with E-state index in [1.807, 2.05) is 0 Å². The van der Waals surface area contributed by atoms with Crippen LogP contribution in [0.2, 0.25) is 0 Å². The van der Waals surface area contributed by atoms with Gasteiger partial charge in [-0.1, -0.05) is 0 Å². The number of aromatic nitrogens is 1. The van der Waals surface area contributed by atoms with Crippen molar-refractivity contribution in [3.63, 3.8) is 0 Å². The molecule has 1 aromatic rings. The van der Waals surface area contributed by atoms with E-state index in [2.05, 4.69) is 15.0 Å². The molecule has 1 aromatic heterocycles. The molecule has 0 bridgehead atoms. The first kappa shape index (κ1) is 15.9. The Morgan fingerprint density at radius 1 is 1.19 bits per heavy atom. The van der Waals surface area contributed by atoms with Crippen molar-refractivity contribution in [3.8, 4) is 5.75 Å². The third kappa shape index (κ3) is 4.48. The van der Waals surface area contributed by atoms with Crippen LogP contribution in [-0.4, -0.2) is 29.5 Å². The van der Waals surface area contributed by atoms with Gasteiger partial charge in [0.25, 0.3) is 6.10 Å². The number of pyridine rings is 1. The predicted octanol–water partition coefficient (Wildman–Crippen LogP) is 3.21. The normalized spacial score (nSPS) is 16.3. The van der Waals surface area contributed by atoms with E-state index in [1.54, 1.807) is 0 Å². The first-order valence-electron chi connectivity index (χ1n) is 6.14. The van der Waals surface area contributed by atoms with Crippen LogP contribution in [0.5, 0.6) is 5.75 Å². The molecule has 3 nitrogen and oxygen atoms in total. The van der Waals surface area contributed by atoms with Crippen LogP contribution in [0.4, 0.5) is 26.3 Å². The molecular weight excluding hydrogens is 302 g/mol. The minimum atomic E-state index is -5.54. The average molecular weight is 314 g/mol. The zero-order chi connectivity index (χ0) is 15.7. The summed E-state index contributed by atoms with van der Waals surface area (Å²) in [5.41, 5.74) is 0.155. The molecule has 0 aliphatic heterocycles. The first-order chi connectivity index (χ1) is 9.68. The highest BCUT2D eigenvalue weighted by Crippen LogP contribution is 2.37. The van der Waals surface area contributed by atoms with E-state index in [0.29, 0.717) is 0 Å². The lowest BCUT2D eigenvalue weighted by molar-refractivity contribution is -0.300. The molecule has 1 saturated carbocycles. The zero-order valence-corrected chi connectivity index (χ0v) is 10.6. The molecule has 0 aromatic carbocycles. The standard InChI is InChI=1S/C12H12F6N2O/c13-11(14,15)10(12(16,17)18)21-9-3-4-19-5-7(9)6-20-8-1-2-8/h3-5,8,10,20H,1-2,6H2. The van der Waals surface area contributed by atoms with Gasteiger partial charge in [-0.15, -0.1) is 0 Å². The molecule has 0 radical (unpaired) electrons. The summed E-state index contributed by atoms with van der Waals surface area (Å²) in [4.78, 5) is 3.69. The number of hydrogen-bond acceptors (Lipinski definition) is 3. The summed E-state index contributed by atoms with van der Waals surface area (Å²) >= 11 is 0. The number of alkyl halides is 6. The molecule has 0 spiro atoms. The molecule has 1 aliphatic carbocycles. The van der Waals surface area contributed by atoms with Crippen LogP contribution in [0.1, 0.15) is 18.4 Å². The highest BCUT2D eigenvalue weighted by Gasteiger charge is 2.59. The second-order valence-electron chi connectivity index (χ2n) is 4.72. The van der Waals surface area contributed by atoms with Gasteiger partial charge in [0, 0.05) is 30.5 Å². The summed E-state index contributed by atoms with van der Waals surface area (Å²) in [5, 5.41) is 2.98. The summed E-state index contributed by atoms with van der Waals surface area (Å²) in [6, 6.07) is 1.24. The van der Waals surface area contributed by atoms with E-state index < -0.39 is 24.2 Å².